The van der Waals surface area contributed by atoms with Gasteiger partial charge in [0, 0.05) is 18.8 Å². The van der Waals surface area contributed by atoms with E-state index in [4.69, 9.17) is 9.47 Å². The summed E-state index contributed by atoms with van der Waals surface area (Å²) in [6, 6.07) is 8.61. The van der Waals surface area contributed by atoms with Crippen molar-refractivity contribution in [2.24, 2.45) is 0 Å². The number of aryl methyl sites for hydroxylation is 1. The van der Waals surface area contributed by atoms with E-state index in [9.17, 15) is 0 Å². The maximum absolute atomic E-state index is 5.81. The summed E-state index contributed by atoms with van der Waals surface area (Å²) in [5.74, 6) is 1.49. The van der Waals surface area contributed by atoms with Crippen molar-refractivity contribution >= 4 is 0 Å². The molecular formula is C29H44N2O2. The summed E-state index contributed by atoms with van der Waals surface area (Å²) in [7, 11) is 0. The number of hydrogen-bond acceptors (Lipinski definition) is 4. The van der Waals surface area contributed by atoms with Crippen LogP contribution in [0.4, 0.5) is 0 Å². The molecule has 0 amide bonds. The predicted octanol–water partition coefficient (Wildman–Crippen LogP) is 7.97. The molecule has 2 rings (SSSR count). The first-order valence-electron chi connectivity index (χ1n) is 13.1. The molecule has 0 fully saturated rings. The second-order valence-corrected chi connectivity index (χ2v) is 8.67. The van der Waals surface area contributed by atoms with Crippen molar-refractivity contribution in [2.75, 3.05) is 19.8 Å². The van der Waals surface area contributed by atoms with Crippen molar-refractivity contribution in [3.63, 3.8) is 0 Å². The summed E-state index contributed by atoms with van der Waals surface area (Å²) in [6.45, 7) is 6.88. The summed E-state index contributed by atoms with van der Waals surface area (Å²) in [5, 5.41) is 0. The lowest BCUT2D eigenvalue weighted by molar-refractivity contribution is 0.130. The third-order valence-corrected chi connectivity index (χ3v) is 5.62. The minimum atomic E-state index is 0.724. The number of hydrogen-bond donors (Lipinski definition) is 0. The number of aromatic nitrogens is 2. The molecule has 0 saturated heterocycles. The molecule has 0 saturated carbocycles. The van der Waals surface area contributed by atoms with Gasteiger partial charge >= 0.3 is 0 Å². The van der Waals surface area contributed by atoms with Crippen molar-refractivity contribution in [3.05, 3.63) is 54.4 Å². The maximum atomic E-state index is 5.81. The molecule has 2 aromatic rings. The number of nitrogens with zero attached hydrogens (tertiary/aromatic N) is 2. The molecule has 0 N–H and O–H groups in total. The largest absolute Gasteiger partial charge is 0.490 e. The molecule has 0 spiro atoms. The maximum Gasteiger partial charge on any atom is 0.159 e. The minimum Gasteiger partial charge on any atom is -0.490 e. The SMILES string of the molecule is CCCCC=CCCCCCOc1cnc(-c2ccc(CCCCCOCCC)cc2)nc1. The number of allylic oxidation sites excluding steroid dienone is 2. The van der Waals surface area contributed by atoms with Gasteiger partial charge in [-0.05, 0) is 63.4 Å². The van der Waals surface area contributed by atoms with Gasteiger partial charge in [-0.2, -0.15) is 0 Å². The Balaban J connectivity index is 1.60. The molecule has 4 nitrogen and oxygen atoms in total. The molecule has 0 aliphatic heterocycles. The zero-order valence-electron chi connectivity index (χ0n) is 20.9. The van der Waals surface area contributed by atoms with Gasteiger partial charge in [0.25, 0.3) is 0 Å². The molecular weight excluding hydrogens is 408 g/mol. The van der Waals surface area contributed by atoms with Crippen molar-refractivity contribution in [1.82, 2.24) is 9.97 Å². The molecule has 0 unspecified atom stereocenters. The first kappa shape index (κ1) is 27.0. The third kappa shape index (κ3) is 12.6. The van der Waals surface area contributed by atoms with Crippen LogP contribution in [0.3, 0.4) is 0 Å². The van der Waals surface area contributed by atoms with Crippen LogP contribution >= 0.6 is 0 Å². The van der Waals surface area contributed by atoms with Gasteiger partial charge in [0.1, 0.15) is 0 Å². The summed E-state index contributed by atoms with van der Waals surface area (Å²) in [4.78, 5) is 8.99. The monoisotopic (exact) mass is 452 g/mol. The van der Waals surface area contributed by atoms with Crippen molar-refractivity contribution in [2.45, 2.75) is 90.9 Å². The molecule has 1 aromatic carbocycles. The quantitative estimate of drug-likeness (QED) is 0.160. The molecule has 182 valence electrons. The van der Waals surface area contributed by atoms with Crippen molar-refractivity contribution in [1.29, 1.82) is 0 Å². The number of rotatable bonds is 19. The Morgan fingerprint density at radius 3 is 2.12 bits per heavy atom. The van der Waals surface area contributed by atoms with Crippen LogP contribution in [0.1, 0.15) is 90.0 Å². The van der Waals surface area contributed by atoms with Crippen LogP contribution in [0.5, 0.6) is 5.75 Å². The van der Waals surface area contributed by atoms with Crippen molar-refractivity contribution in [3.8, 4) is 17.1 Å². The zero-order valence-corrected chi connectivity index (χ0v) is 20.9. The van der Waals surface area contributed by atoms with Crippen LogP contribution < -0.4 is 4.74 Å². The van der Waals surface area contributed by atoms with Gasteiger partial charge in [0.15, 0.2) is 11.6 Å². The van der Waals surface area contributed by atoms with Gasteiger partial charge in [0.2, 0.25) is 0 Å². The Hall–Kier alpha value is -2.20. The number of benzene rings is 1. The standard InChI is InChI=1S/C29H44N2O2/c1-3-5-6-7-8-9-10-11-15-23-33-28-24-30-29(31-25-28)27-19-17-26(18-20-27)16-13-12-14-22-32-21-4-2/h7-8,17-20,24-25H,3-6,9-16,21-23H2,1-2H3. The van der Waals surface area contributed by atoms with Gasteiger partial charge in [-0.25, -0.2) is 9.97 Å². The van der Waals surface area contributed by atoms with E-state index in [1.807, 2.05) is 0 Å². The van der Waals surface area contributed by atoms with Crippen LogP contribution in [-0.2, 0) is 11.2 Å². The predicted molar refractivity (Wildman–Crippen MR) is 139 cm³/mol. The summed E-state index contributed by atoms with van der Waals surface area (Å²) >= 11 is 0. The smallest absolute Gasteiger partial charge is 0.159 e. The lowest BCUT2D eigenvalue weighted by atomic mass is 10.0. The molecule has 0 aliphatic rings. The van der Waals surface area contributed by atoms with Gasteiger partial charge in [0.05, 0.1) is 19.0 Å². The highest BCUT2D eigenvalue weighted by atomic mass is 16.5. The fraction of sp³-hybridized carbons (Fsp3) is 0.586. The molecule has 4 heteroatoms. The third-order valence-electron chi connectivity index (χ3n) is 5.62. The van der Waals surface area contributed by atoms with Crippen LogP contribution in [0.15, 0.2) is 48.8 Å². The molecule has 33 heavy (non-hydrogen) atoms. The van der Waals surface area contributed by atoms with Crippen LogP contribution in [0.25, 0.3) is 11.4 Å². The average Bonchev–Trinajstić information content (AvgIpc) is 2.85. The lowest BCUT2D eigenvalue weighted by Crippen LogP contribution is -1.99. The Bertz CT molecular complexity index is 741. The second-order valence-electron chi connectivity index (χ2n) is 8.67. The molecule has 1 heterocycles. The second kappa shape index (κ2) is 18.3. The van der Waals surface area contributed by atoms with Crippen LogP contribution in [-0.4, -0.2) is 29.8 Å². The Labute approximate surface area is 201 Å². The summed E-state index contributed by atoms with van der Waals surface area (Å²) in [5.41, 5.74) is 2.41. The Morgan fingerprint density at radius 2 is 1.39 bits per heavy atom. The number of ether oxygens (including phenoxy) is 2. The van der Waals surface area contributed by atoms with E-state index in [1.54, 1.807) is 12.4 Å². The van der Waals surface area contributed by atoms with Gasteiger partial charge in [-0.1, -0.05) is 69.5 Å². The van der Waals surface area contributed by atoms with Crippen LogP contribution in [0, 0.1) is 0 Å². The molecule has 0 aliphatic carbocycles. The fourth-order valence-electron chi connectivity index (χ4n) is 3.61. The average molecular weight is 453 g/mol. The van der Waals surface area contributed by atoms with E-state index in [0.717, 1.165) is 62.6 Å². The Kier molecular flexibility index (Phi) is 15.0. The number of unbranched alkanes of at least 4 members (excludes halogenated alkanes) is 7. The normalized spacial score (nSPS) is 11.3. The first-order valence-corrected chi connectivity index (χ1v) is 13.1. The molecule has 0 atom stereocenters. The summed E-state index contributed by atoms with van der Waals surface area (Å²) < 4.78 is 11.3. The minimum absolute atomic E-state index is 0.724. The first-order chi connectivity index (χ1) is 16.3. The zero-order chi connectivity index (χ0) is 23.4. The van der Waals surface area contributed by atoms with E-state index >= 15 is 0 Å². The summed E-state index contributed by atoms with van der Waals surface area (Å²) in [6.07, 6.45) is 22.4. The molecule has 0 bridgehead atoms. The van der Waals surface area contributed by atoms with E-state index in [0.29, 0.717) is 0 Å². The Morgan fingerprint density at radius 1 is 0.697 bits per heavy atom. The molecule has 1 aromatic heterocycles. The highest BCUT2D eigenvalue weighted by molar-refractivity contribution is 5.55. The topological polar surface area (TPSA) is 44.2 Å². The molecule has 0 radical (unpaired) electrons. The highest BCUT2D eigenvalue weighted by Gasteiger charge is 2.03. The highest BCUT2D eigenvalue weighted by Crippen LogP contribution is 2.18. The van der Waals surface area contributed by atoms with Gasteiger partial charge < -0.3 is 9.47 Å². The van der Waals surface area contributed by atoms with E-state index in [1.165, 1.54) is 56.9 Å². The van der Waals surface area contributed by atoms with E-state index < -0.39 is 0 Å². The lowest BCUT2D eigenvalue weighted by Gasteiger charge is -2.07. The van der Waals surface area contributed by atoms with Crippen molar-refractivity contribution < 1.29 is 9.47 Å². The fourth-order valence-corrected chi connectivity index (χ4v) is 3.61. The van der Waals surface area contributed by atoms with Gasteiger partial charge in [-0.15, -0.1) is 0 Å². The van der Waals surface area contributed by atoms with E-state index in [2.05, 4.69) is 60.2 Å². The van der Waals surface area contributed by atoms with Crippen LogP contribution in [0.2, 0.25) is 0 Å². The van der Waals surface area contributed by atoms with Gasteiger partial charge in [-0.3, -0.25) is 0 Å². The van der Waals surface area contributed by atoms with E-state index in [-0.39, 0.29) is 0 Å².